The number of nitrogens with one attached hydrogen (secondary N) is 2. The highest BCUT2D eigenvalue weighted by Gasteiger charge is 2.16. The molecule has 1 fully saturated rings. The lowest BCUT2D eigenvalue weighted by molar-refractivity contribution is 0.204. The Bertz CT molecular complexity index is 416. The van der Waals surface area contributed by atoms with Crippen LogP contribution in [-0.2, 0) is 0 Å². The Labute approximate surface area is 106 Å². The summed E-state index contributed by atoms with van der Waals surface area (Å²) in [5.41, 5.74) is 1.68. The van der Waals surface area contributed by atoms with Crippen LogP contribution in [0.5, 0.6) is 0 Å². The van der Waals surface area contributed by atoms with Crippen LogP contribution in [0.1, 0.15) is 5.56 Å². The lowest BCUT2D eigenvalue weighted by Crippen LogP contribution is -2.48. The van der Waals surface area contributed by atoms with E-state index in [0.717, 1.165) is 37.4 Å². The van der Waals surface area contributed by atoms with Gasteiger partial charge in [0.15, 0.2) is 0 Å². The number of amides is 2. The largest absolute Gasteiger partial charge is 0.322 e. The molecule has 1 aliphatic heterocycles. The van der Waals surface area contributed by atoms with Gasteiger partial charge in [-0.15, -0.1) is 0 Å². The molecule has 1 heterocycles. The maximum absolute atomic E-state index is 12.0. The van der Waals surface area contributed by atoms with Gasteiger partial charge >= 0.3 is 6.03 Å². The molecule has 2 rings (SSSR count). The van der Waals surface area contributed by atoms with Crippen LogP contribution in [-0.4, -0.2) is 37.1 Å². The molecule has 92 valence electrons. The van der Waals surface area contributed by atoms with Gasteiger partial charge in [0.1, 0.15) is 0 Å². The molecule has 4 nitrogen and oxygen atoms in total. The molecule has 0 spiro atoms. The van der Waals surface area contributed by atoms with Crippen LogP contribution in [0.4, 0.5) is 10.5 Å². The number of halogens is 1. The van der Waals surface area contributed by atoms with Crippen molar-refractivity contribution in [2.75, 3.05) is 31.5 Å². The maximum Gasteiger partial charge on any atom is 0.321 e. The zero-order chi connectivity index (χ0) is 12.3. The van der Waals surface area contributed by atoms with E-state index in [2.05, 4.69) is 10.6 Å². The first-order chi connectivity index (χ1) is 8.18. The van der Waals surface area contributed by atoms with Crippen LogP contribution in [0.25, 0.3) is 0 Å². The number of piperazine rings is 1. The first kappa shape index (κ1) is 12.2. The molecule has 0 atom stereocenters. The number of carbonyl (C=O) groups excluding carboxylic acids is 1. The highest BCUT2D eigenvalue weighted by Crippen LogP contribution is 2.23. The van der Waals surface area contributed by atoms with Crippen LogP contribution < -0.4 is 10.6 Å². The lowest BCUT2D eigenvalue weighted by atomic mass is 10.2. The van der Waals surface area contributed by atoms with Gasteiger partial charge in [0.05, 0.1) is 0 Å². The number of anilines is 1. The van der Waals surface area contributed by atoms with Crippen molar-refractivity contribution in [3.8, 4) is 0 Å². The number of urea groups is 1. The van der Waals surface area contributed by atoms with Gasteiger partial charge in [-0.25, -0.2) is 4.79 Å². The highest BCUT2D eigenvalue weighted by atomic mass is 35.5. The fourth-order valence-electron chi connectivity index (χ4n) is 1.81. The van der Waals surface area contributed by atoms with Crippen molar-refractivity contribution >= 4 is 23.3 Å². The lowest BCUT2D eigenvalue weighted by Gasteiger charge is -2.27. The average molecular weight is 254 g/mol. The van der Waals surface area contributed by atoms with E-state index < -0.39 is 0 Å². The second-order valence-electron chi connectivity index (χ2n) is 4.08. The van der Waals surface area contributed by atoms with Gasteiger partial charge in [0, 0.05) is 36.9 Å². The van der Waals surface area contributed by atoms with E-state index in [-0.39, 0.29) is 6.03 Å². The van der Waals surface area contributed by atoms with Crippen molar-refractivity contribution < 1.29 is 4.79 Å². The number of nitrogens with zero attached hydrogens (tertiary/aromatic N) is 1. The Morgan fingerprint density at radius 2 is 2.12 bits per heavy atom. The standard InChI is InChI=1S/C12H16ClN3O/c1-9-10(13)3-2-4-11(9)15-12(17)16-7-5-14-6-8-16/h2-4,14H,5-8H2,1H3,(H,15,17). The van der Waals surface area contributed by atoms with E-state index in [4.69, 9.17) is 11.6 Å². The molecule has 0 aliphatic carbocycles. The molecule has 1 aromatic rings. The molecular weight excluding hydrogens is 238 g/mol. The van der Waals surface area contributed by atoms with E-state index in [1.54, 1.807) is 4.90 Å². The van der Waals surface area contributed by atoms with E-state index in [0.29, 0.717) is 5.02 Å². The molecule has 17 heavy (non-hydrogen) atoms. The number of carbonyl (C=O) groups is 1. The normalized spacial score (nSPS) is 15.8. The number of rotatable bonds is 1. The van der Waals surface area contributed by atoms with Crippen molar-refractivity contribution in [1.29, 1.82) is 0 Å². The molecule has 0 saturated carbocycles. The summed E-state index contributed by atoms with van der Waals surface area (Å²) in [4.78, 5) is 13.8. The van der Waals surface area contributed by atoms with Crippen LogP contribution >= 0.6 is 11.6 Å². The van der Waals surface area contributed by atoms with Crippen LogP contribution in [0, 0.1) is 6.92 Å². The van der Waals surface area contributed by atoms with E-state index >= 15 is 0 Å². The second kappa shape index (κ2) is 5.38. The Hall–Kier alpha value is -1.26. The number of hydrogen-bond donors (Lipinski definition) is 2. The molecule has 5 heteroatoms. The van der Waals surface area contributed by atoms with Crippen molar-refractivity contribution in [3.63, 3.8) is 0 Å². The zero-order valence-corrected chi connectivity index (χ0v) is 10.5. The summed E-state index contributed by atoms with van der Waals surface area (Å²) in [5, 5.41) is 6.78. The van der Waals surface area contributed by atoms with Crippen LogP contribution in [0.15, 0.2) is 18.2 Å². The topological polar surface area (TPSA) is 44.4 Å². The summed E-state index contributed by atoms with van der Waals surface area (Å²) in [6, 6.07) is 5.46. The van der Waals surface area contributed by atoms with E-state index in [1.165, 1.54) is 0 Å². The summed E-state index contributed by atoms with van der Waals surface area (Å²) in [5.74, 6) is 0. The summed E-state index contributed by atoms with van der Waals surface area (Å²) >= 11 is 6.01. The molecule has 0 unspecified atom stereocenters. The van der Waals surface area contributed by atoms with Gasteiger partial charge in [-0.05, 0) is 24.6 Å². The second-order valence-corrected chi connectivity index (χ2v) is 4.49. The number of benzene rings is 1. The third-order valence-corrected chi connectivity index (χ3v) is 3.32. The number of hydrogen-bond acceptors (Lipinski definition) is 2. The van der Waals surface area contributed by atoms with Gasteiger partial charge in [0.25, 0.3) is 0 Å². The summed E-state index contributed by atoms with van der Waals surface area (Å²) in [6.07, 6.45) is 0. The monoisotopic (exact) mass is 253 g/mol. The van der Waals surface area contributed by atoms with Crippen LogP contribution in [0.2, 0.25) is 5.02 Å². The quantitative estimate of drug-likeness (QED) is 0.805. The highest BCUT2D eigenvalue weighted by molar-refractivity contribution is 6.31. The predicted octanol–water partition coefficient (Wildman–Crippen LogP) is 2.09. The Morgan fingerprint density at radius 3 is 2.82 bits per heavy atom. The maximum atomic E-state index is 12.0. The molecule has 1 saturated heterocycles. The SMILES string of the molecule is Cc1c(Cl)cccc1NC(=O)N1CCNCC1. The molecule has 2 N–H and O–H groups in total. The first-order valence-electron chi connectivity index (χ1n) is 5.70. The van der Waals surface area contributed by atoms with Crippen molar-refractivity contribution in [2.24, 2.45) is 0 Å². The minimum absolute atomic E-state index is 0.0585. The van der Waals surface area contributed by atoms with Crippen molar-refractivity contribution in [2.45, 2.75) is 6.92 Å². The van der Waals surface area contributed by atoms with Crippen LogP contribution in [0.3, 0.4) is 0 Å². The van der Waals surface area contributed by atoms with Gasteiger partial charge in [0.2, 0.25) is 0 Å². The molecule has 0 radical (unpaired) electrons. The first-order valence-corrected chi connectivity index (χ1v) is 6.08. The van der Waals surface area contributed by atoms with Crippen molar-refractivity contribution in [1.82, 2.24) is 10.2 Å². The van der Waals surface area contributed by atoms with E-state index in [9.17, 15) is 4.79 Å². The summed E-state index contributed by atoms with van der Waals surface area (Å²) < 4.78 is 0. The molecule has 1 aromatic carbocycles. The van der Waals surface area contributed by atoms with Gasteiger partial charge in [-0.1, -0.05) is 17.7 Å². The Kier molecular flexibility index (Phi) is 3.86. The summed E-state index contributed by atoms with van der Waals surface area (Å²) in [7, 11) is 0. The summed E-state index contributed by atoms with van der Waals surface area (Å²) in [6.45, 7) is 5.08. The zero-order valence-electron chi connectivity index (χ0n) is 9.79. The third kappa shape index (κ3) is 2.90. The Morgan fingerprint density at radius 1 is 1.41 bits per heavy atom. The minimum atomic E-state index is -0.0585. The van der Waals surface area contributed by atoms with E-state index in [1.807, 2.05) is 25.1 Å². The fourth-order valence-corrected chi connectivity index (χ4v) is 1.98. The third-order valence-electron chi connectivity index (χ3n) is 2.91. The predicted molar refractivity (Wildman–Crippen MR) is 69.7 cm³/mol. The van der Waals surface area contributed by atoms with Gasteiger partial charge < -0.3 is 15.5 Å². The molecule has 0 aromatic heterocycles. The van der Waals surface area contributed by atoms with Crippen molar-refractivity contribution in [3.05, 3.63) is 28.8 Å². The smallest absolute Gasteiger partial charge is 0.321 e. The average Bonchev–Trinajstić information content (AvgIpc) is 2.36. The van der Waals surface area contributed by atoms with Gasteiger partial charge in [-0.3, -0.25) is 0 Å². The van der Waals surface area contributed by atoms with Gasteiger partial charge in [-0.2, -0.15) is 0 Å². The fraction of sp³-hybridized carbons (Fsp3) is 0.417. The molecule has 0 bridgehead atoms. The molecule has 1 aliphatic rings. The minimum Gasteiger partial charge on any atom is -0.322 e. The molecular formula is C12H16ClN3O. The Balaban J connectivity index is 2.04. The molecule has 2 amide bonds.